The molecule has 0 amide bonds. The summed E-state index contributed by atoms with van der Waals surface area (Å²) < 4.78 is 26.7. The predicted molar refractivity (Wildman–Crippen MR) is 72.4 cm³/mol. The lowest BCUT2D eigenvalue weighted by molar-refractivity contribution is -0.152. The van der Waals surface area contributed by atoms with E-state index in [1.54, 1.807) is 0 Å². The van der Waals surface area contributed by atoms with Gasteiger partial charge in [-0.25, -0.2) is 8.78 Å². The first-order chi connectivity index (χ1) is 9.47. The van der Waals surface area contributed by atoms with Crippen molar-refractivity contribution < 1.29 is 18.7 Å². The molecular formula is C16H20F2O2. The summed E-state index contributed by atoms with van der Waals surface area (Å²) in [4.78, 5) is 11.7. The maximum atomic E-state index is 13.8. The van der Waals surface area contributed by atoms with Crippen molar-refractivity contribution in [3.8, 4) is 0 Å². The van der Waals surface area contributed by atoms with Crippen LogP contribution < -0.4 is 0 Å². The van der Waals surface area contributed by atoms with Gasteiger partial charge < -0.3 is 5.11 Å². The molecule has 1 aliphatic rings. The average Bonchev–Trinajstić information content (AvgIpc) is 2.42. The second-order valence-corrected chi connectivity index (χ2v) is 5.87. The Bertz CT molecular complexity index is 501. The number of aliphatic carboxylic acids is 1. The van der Waals surface area contributed by atoms with E-state index in [1.807, 2.05) is 0 Å². The summed E-state index contributed by atoms with van der Waals surface area (Å²) in [6, 6.07) is 3.38. The SMILES string of the molecule is CCC1CCCC(Cc2ccc(F)cc2F)(C(=O)O)C1. The van der Waals surface area contributed by atoms with Crippen LogP contribution in [-0.4, -0.2) is 11.1 Å². The molecule has 0 saturated heterocycles. The standard InChI is InChI=1S/C16H20F2O2/c1-2-11-4-3-7-16(9-11,15(19)20)10-12-5-6-13(17)8-14(12)18/h5-6,8,11H,2-4,7,9-10H2,1H3,(H,19,20). The summed E-state index contributed by atoms with van der Waals surface area (Å²) in [5.41, 5.74) is -0.608. The van der Waals surface area contributed by atoms with Crippen molar-refractivity contribution in [1.82, 2.24) is 0 Å². The highest BCUT2D eigenvalue weighted by atomic mass is 19.1. The predicted octanol–water partition coefficient (Wildman–Crippen LogP) is 4.18. The monoisotopic (exact) mass is 282 g/mol. The van der Waals surface area contributed by atoms with Crippen molar-refractivity contribution >= 4 is 5.97 Å². The first-order valence-electron chi connectivity index (χ1n) is 7.14. The largest absolute Gasteiger partial charge is 0.481 e. The van der Waals surface area contributed by atoms with E-state index in [0.717, 1.165) is 25.3 Å². The van der Waals surface area contributed by atoms with E-state index in [-0.39, 0.29) is 6.42 Å². The number of benzene rings is 1. The minimum absolute atomic E-state index is 0.144. The summed E-state index contributed by atoms with van der Waals surface area (Å²) in [7, 11) is 0. The summed E-state index contributed by atoms with van der Waals surface area (Å²) in [6.07, 6.45) is 4.13. The van der Waals surface area contributed by atoms with Gasteiger partial charge in [0, 0.05) is 6.07 Å². The fourth-order valence-electron chi connectivity index (χ4n) is 3.29. The van der Waals surface area contributed by atoms with Crippen molar-refractivity contribution in [2.45, 2.75) is 45.4 Å². The van der Waals surface area contributed by atoms with Gasteiger partial charge in [-0.3, -0.25) is 4.79 Å². The Balaban J connectivity index is 2.27. The van der Waals surface area contributed by atoms with Gasteiger partial charge in [0.1, 0.15) is 11.6 Å². The molecule has 1 aromatic carbocycles. The lowest BCUT2D eigenvalue weighted by atomic mass is 9.66. The van der Waals surface area contributed by atoms with Crippen molar-refractivity contribution in [2.24, 2.45) is 11.3 Å². The first-order valence-corrected chi connectivity index (χ1v) is 7.14. The molecule has 1 fully saturated rings. The van der Waals surface area contributed by atoms with Gasteiger partial charge in [0.05, 0.1) is 5.41 Å². The second kappa shape index (κ2) is 5.90. The molecule has 2 atom stereocenters. The summed E-state index contributed by atoms with van der Waals surface area (Å²) in [6.45, 7) is 2.06. The van der Waals surface area contributed by atoms with Crippen LogP contribution in [0, 0.1) is 23.0 Å². The molecule has 1 aromatic rings. The molecule has 0 spiro atoms. The molecular weight excluding hydrogens is 262 g/mol. The number of carbonyl (C=O) groups is 1. The normalized spacial score (nSPS) is 26.4. The minimum atomic E-state index is -0.905. The van der Waals surface area contributed by atoms with Crippen LogP contribution in [0.3, 0.4) is 0 Å². The maximum Gasteiger partial charge on any atom is 0.309 e. The van der Waals surface area contributed by atoms with Gasteiger partial charge in [-0.05, 0) is 36.8 Å². The van der Waals surface area contributed by atoms with E-state index in [9.17, 15) is 18.7 Å². The van der Waals surface area contributed by atoms with Crippen LogP contribution in [0.2, 0.25) is 0 Å². The zero-order chi connectivity index (χ0) is 14.8. The molecule has 0 bridgehead atoms. The summed E-state index contributed by atoms with van der Waals surface area (Å²) >= 11 is 0. The third-order valence-corrected chi connectivity index (χ3v) is 4.52. The average molecular weight is 282 g/mol. The lowest BCUT2D eigenvalue weighted by Crippen LogP contribution is -2.38. The third-order valence-electron chi connectivity index (χ3n) is 4.52. The quantitative estimate of drug-likeness (QED) is 0.899. The number of carboxylic acid groups (broad SMARTS) is 1. The minimum Gasteiger partial charge on any atom is -0.481 e. The molecule has 2 unspecified atom stereocenters. The topological polar surface area (TPSA) is 37.3 Å². The summed E-state index contributed by atoms with van der Waals surface area (Å²) in [5, 5.41) is 9.61. The zero-order valence-corrected chi connectivity index (χ0v) is 11.7. The highest BCUT2D eigenvalue weighted by Crippen LogP contribution is 2.43. The van der Waals surface area contributed by atoms with Gasteiger partial charge in [-0.2, -0.15) is 0 Å². The van der Waals surface area contributed by atoms with Crippen LogP contribution in [0.25, 0.3) is 0 Å². The zero-order valence-electron chi connectivity index (χ0n) is 11.7. The van der Waals surface area contributed by atoms with E-state index in [0.29, 0.717) is 24.3 Å². The molecule has 0 aliphatic heterocycles. The Labute approximate surface area is 117 Å². The highest BCUT2D eigenvalue weighted by Gasteiger charge is 2.42. The maximum absolute atomic E-state index is 13.8. The molecule has 0 heterocycles. The first kappa shape index (κ1) is 14.9. The van der Waals surface area contributed by atoms with Gasteiger partial charge in [0.2, 0.25) is 0 Å². The van der Waals surface area contributed by atoms with Crippen molar-refractivity contribution in [3.63, 3.8) is 0 Å². The molecule has 20 heavy (non-hydrogen) atoms. The van der Waals surface area contributed by atoms with Gasteiger partial charge in [0.15, 0.2) is 0 Å². The number of hydrogen-bond donors (Lipinski definition) is 1. The van der Waals surface area contributed by atoms with Crippen molar-refractivity contribution in [3.05, 3.63) is 35.4 Å². The molecule has 1 saturated carbocycles. The molecule has 2 nitrogen and oxygen atoms in total. The van der Waals surface area contributed by atoms with Crippen LogP contribution in [0.4, 0.5) is 8.78 Å². The van der Waals surface area contributed by atoms with Gasteiger partial charge in [-0.1, -0.05) is 32.3 Å². The Morgan fingerprint density at radius 2 is 2.20 bits per heavy atom. The van der Waals surface area contributed by atoms with Gasteiger partial charge in [0.25, 0.3) is 0 Å². The molecule has 1 aliphatic carbocycles. The Kier molecular flexibility index (Phi) is 4.41. The van der Waals surface area contributed by atoms with Crippen LogP contribution in [-0.2, 0) is 11.2 Å². The van der Waals surface area contributed by atoms with Gasteiger partial charge in [-0.15, -0.1) is 0 Å². The number of rotatable bonds is 4. The van der Waals surface area contributed by atoms with Crippen molar-refractivity contribution in [2.75, 3.05) is 0 Å². The van der Waals surface area contributed by atoms with Crippen LogP contribution in [0.15, 0.2) is 18.2 Å². The van der Waals surface area contributed by atoms with Crippen LogP contribution in [0.1, 0.15) is 44.6 Å². The Morgan fingerprint density at radius 1 is 1.45 bits per heavy atom. The molecule has 0 aromatic heterocycles. The van der Waals surface area contributed by atoms with E-state index in [4.69, 9.17) is 0 Å². The lowest BCUT2D eigenvalue weighted by Gasteiger charge is -2.37. The number of halogens is 2. The van der Waals surface area contributed by atoms with Crippen LogP contribution >= 0.6 is 0 Å². The van der Waals surface area contributed by atoms with Gasteiger partial charge >= 0.3 is 5.97 Å². The van der Waals surface area contributed by atoms with Crippen molar-refractivity contribution in [1.29, 1.82) is 0 Å². The second-order valence-electron chi connectivity index (χ2n) is 5.87. The van der Waals surface area contributed by atoms with E-state index in [1.165, 1.54) is 12.1 Å². The highest BCUT2D eigenvalue weighted by molar-refractivity contribution is 5.75. The molecule has 4 heteroatoms. The van der Waals surface area contributed by atoms with Crippen LogP contribution in [0.5, 0.6) is 0 Å². The molecule has 0 radical (unpaired) electrons. The Hall–Kier alpha value is -1.45. The third kappa shape index (κ3) is 3.00. The fraction of sp³-hybridized carbons (Fsp3) is 0.562. The number of carboxylic acids is 1. The summed E-state index contributed by atoms with van der Waals surface area (Å²) in [5.74, 6) is -1.77. The molecule has 1 N–H and O–H groups in total. The molecule has 110 valence electrons. The van der Waals surface area contributed by atoms with E-state index >= 15 is 0 Å². The Morgan fingerprint density at radius 3 is 2.80 bits per heavy atom. The van der Waals surface area contributed by atoms with E-state index in [2.05, 4.69) is 6.92 Å². The number of hydrogen-bond acceptors (Lipinski definition) is 1. The van der Waals surface area contributed by atoms with E-state index < -0.39 is 23.0 Å². The molecule has 2 rings (SSSR count). The fourth-order valence-corrected chi connectivity index (χ4v) is 3.29. The smallest absolute Gasteiger partial charge is 0.309 e.